The number of rotatable bonds is 3. The smallest absolute Gasteiger partial charge is 0.150 e. The second-order valence-corrected chi connectivity index (χ2v) is 5.73. The van der Waals surface area contributed by atoms with Crippen LogP contribution in [0.25, 0.3) is 11.1 Å². The lowest BCUT2D eigenvalue weighted by molar-refractivity contribution is 0.112. The van der Waals surface area contributed by atoms with E-state index in [0.29, 0.717) is 11.1 Å². The number of aldehydes is 2. The van der Waals surface area contributed by atoms with Gasteiger partial charge in [-0.1, -0.05) is 60.7 Å². The third-order valence-electron chi connectivity index (χ3n) is 4.52. The average molecular weight is 298 g/mol. The maximum Gasteiger partial charge on any atom is 0.150 e. The second kappa shape index (κ2) is 5.33. The van der Waals surface area contributed by atoms with Gasteiger partial charge in [-0.2, -0.15) is 0 Å². The van der Waals surface area contributed by atoms with E-state index in [2.05, 4.69) is 24.3 Å². The van der Waals surface area contributed by atoms with Crippen molar-refractivity contribution in [2.45, 2.75) is 5.92 Å². The molecule has 3 aromatic rings. The van der Waals surface area contributed by atoms with Gasteiger partial charge in [-0.05, 0) is 33.9 Å². The highest BCUT2D eigenvalue weighted by Crippen LogP contribution is 2.48. The van der Waals surface area contributed by atoms with Crippen LogP contribution in [-0.4, -0.2) is 12.6 Å². The molecule has 1 aliphatic carbocycles. The minimum atomic E-state index is 0.0308. The lowest BCUT2D eigenvalue weighted by Gasteiger charge is -2.16. The van der Waals surface area contributed by atoms with Crippen LogP contribution in [0.15, 0.2) is 66.7 Å². The van der Waals surface area contributed by atoms with Gasteiger partial charge in [0, 0.05) is 17.0 Å². The van der Waals surface area contributed by atoms with Crippen molar-refractivity contribution in [1.82, 2.24) is 0 Å². The lowest BCUT2D eigenvalue weighted by Crippen LogP contribution is -2.04. The van der Waals surface area contributed by atoms with Crippen molar-refractivity contribution in [1.29, 1.82) is 0 Å². The number of carbonyl (C=O) groups is 2. The topological polar surface area (TPSA) is 34.1 Å². The van der Waals surface area contributed by atoms with E-state index in [9.17, 15) is 9.59 Å². The van der Waals surface area contributed by atoms with Crippen molar-refractivity contribution in [2.24, 2.45) is 0 Å². The quantitative estimate of drug-likeness (QED) is 0.523. The first-order valence-electron chi connectivity index (χ1n) is 7.56. The number of fused-ring (bicyclic) bond motifs is 3. The molecule has 0 unspecified atom stereocenters. The summed E-state index contributed by atoms with van der Waals surface area (Å²) < 4.78 is 0. The molecule has 0 heterocycles. The third-order valence-corrected chi connectivity index (χ3v) is 4.52. The number of hydrogen-bond donors (Lipinski definition) is 0. The van der Waals surface area contributed by atoms with Gasteiger partial charge in [0.05, 0.1) is 0 Å². The molecule has 1 aliphatic rings. The van der Waals surface area contributed by atoms with Crippen LogP contribution in [0.4, 0.5) is 0 Å². The zero-order chi connectivity index (χ0) is 15.8. The Bertz CT molecular complexity index is 879. The van der Waals surface area contributed by atoms with E-state index in [-0.39, 0.29) is 5.92 Å². The summed E-state index contributed by atoms with van der Waals surface area (Å²) in [5.41, 5.74) is 6.88. The molecular formula is C21H14O2. The molecule has 0 aromatic heterocycles. The van der Waals surface area contributed by atoms with Gasteiger partial charge in [0.25, 0.3) is 0 Å². The zero-order valence-corrected chi connectivity index (χ0v) is 12.4. The molecule has 0 saturated carbocycles. The minimum Gasteiger partial charge on any atom is -0.298 e. The molecule has 23 heavy (non-hydrogen) atoms. The maximum atomic E-state index is 11.6. The Hall–Kier alpha value is -3.00. The van der Waals surface area contributed by atoms with E-state index in [4.69, 9.17) is 0 Å². The maximum absolute atomic E-state index is 11.6. The molecule has 0 atom stereocenters. The lowest BCUT2D eigenvalue weighted by atomic mass is 9.86. The molecule has 0 bridgehead atoms. The molecule has 0 aliphatic heterocycles. The Balaban J connectivity index is 1.99. The van der Waals surface area contributed by atoms with Crippen molar-refractivity contribution in [3.05, 3.63) is 94.5 Å². The predicted molar refractivity (Wildman–Crippen MR) is 90.0 cm³/mol. The predicted octanol–water partition coefficient (Wildman–Crippen LogP) is 4.47. The third kappa shape index (κ3) is 2.03. The summed E-state index contributed by atoms with van der Waals surface area (Å²) in [5.74, 6) is 0.0308. The largest absolute Gasteiger partial charge is 0.298 e. The van der Waals surface area contributed by atoms with Crippen LogP contribution >= 0.6 is 0 Å². The SMILES string of the molecule is O=Cc1ccc(C2c3ccccc3-c3ccccc32)c(C=O)c1. The molecule has 0 N–H and O–H groups in total. The van der Waals surface area contributed by atoms with Crippen LogP contribution in [0.5, 0.6) is 0 Å². The Kier molecular flexibility index (Phi) is 3.16. The van der Waals surface area contributed by atoms with Gasteiger partial charge >= 0.3 is 0 Å². The molecule has 3 aromatic carbocycles. The molecule has 2 heteroatoms. The van der Waals surface area contributed by atoms with Gasteiger partial charge in [0.15, 0.2) is 0 Å². The highest BCUT2D eigenvalue weighted by molar-refractivity contribution is 5.87. The Morgan fingerprint density at radius 3 is 1.83 bits per heavy atom. The minimum absolute atomic E-state index is 0.0308. The normalized spacial score (nSPS) is 12.5. The van der Waals surface area contributed by atoms with E-state index in [1.54, 1.807) is 12.1 Å². The van der Waals surface area contributed by atoms with Gasteiger partial charge < -0.3 is 0 Å². The molecule has 0 radical (unpaired) electrons. The molecule has 0 saturated heterocycles. The fourth-order valence-electron chi connectivity index (χ4n) is 3.52. The Morgan fingerprint density at radius 1 is 0.652 bits per heavy atom. The molecule has 0 spiro atoms. The summed E-state index contributed by atoms with van der Waals surface area (Å²) in [5, 5.41) is 0. The fraction of sp³-hybridized carbons (Fsp3) is 0.0476. The van der Waals surface area contributed by atoms with Crippen LogP contribution in [0, 0.1) is 0 Å². The van der Waals surface area contributed by atoms with Crippen LogP contribution in [0.2, 0.25) is 0 Å². The highest BCUT2D eigenvalue weighted by Gasteiger charge is 2.30. The van der Waals surface area contributed by atoms with Crippen LogP contribution in [0.1, 0.15) is 43.3 Å². The first-order chi connectivity index (χ1) is 11.3. The van der Waals surface area contributed by atoms with Gasteiger partial charge in [-0.25, -0.2) is 0 Å². The van der Waals surface area contributed by atoms with Crippen LogP contribution in [-0.2, 0) is 0 Å². The van der Waals surface area contributed by atoms with Crippen LogP contribution < -0.4 is 0 Å². The summed E-state index contributed by atoms with van der Waals surface area (Å²) in [6.07, 6.45) is 1.61. The molecule has 2 nitrogen and oxygen atoms in total. The van der Waals surface area contributed by atoms with E-state index in [0.717, 1.165) is 18.1 Å². The Morgan fingerprint density at radius 2 is 1.26 bits per heavy atom. The summed E-state index contributed by atoms with van der Waals surface area (Å²) in [4.78, 5) is 22.5. The monoisotopic (exact) mass is 298 g/mol. The van der Waals surface area contributed by atoms with Crippen molar-refractivity contribution < 1.29 is 9.59 Å². The van der Waals surface area contributed by atoms with Gasteiger partial charge in [0.2, 0.25) is 0 Å². The van der Waals surface area contributed by atoms with E-state index in [1.807, 2.05) is 30.3 Å². The number of hydrogen-bond acceptors (Lipinski definition) is 2. The number of benzene rings is 3. The van der Waals surface area contributed by atoms with Crippen LogP contribution in [0.3, 0.4) is 0 Å². The second-order valence-electron chi connectivity index (χ2n) is 5.73. The van der Waals surface area contributed by atoms with E-state index < -0.39 is 0 Å². The van der Waals surface area contributed by atoms with Gasteiger partial charge in [0.1, 0.15) is 12.6 Å². The molecular weight excluding hydrogens is 284 g/mol. The van der Waals surface area contributed by atoms with Crippen molar-refractivity contribution >= 4 is 12.6 Å². The average Bonchev–Trinajstić information content (AvgIpc) is 2.95. The first kappa shape index (κ1) is 13.6. The summed E-state index contributed by atoms with van der Waals surface area (Å²) in [6.45, 7) is 0. The van der Waals surface area contributed by atoms with E-state index in [1.165, 1.54) is 22.3 Å². The van der Waals surface area contributed by atoms with Gasteiger partial charge in [-0.3, -0.25) is 9.59 Å². The fourth-order valence-corrected chi connectivity index (χ4v) is 3.52. The molecule has 110 valence electrons. The van der Waals surface area contributed by atoms with Gasteiger partial charge in [-0.15, -0.1) is 0 Å². The van der Waals surface area contributed by atoms with Crippen molar-refractivity contribution in [3.63, 3.8) is 0 Å². The van der Waals surface area contributed by atoms with Crippen molar-refractivity contribution in [3.8, 4) is 11.1 Å². The summed E-state index contributed by atoms with van der Waals surface area (Å²) in [7, 11) is 0. The highest BCUT2D eigenvalue weighted by atomic mass is 16.1. The summed E-state index contributed by atoms with van der Waals surface area (Å²) in [6, 6.07) is 21.9. The molecule has 0 amide bonds. The first-order valence-corrected chi connectivity index (χ1v) is 7.56. The van der Waals surface area contributed by atoms with E-state index >= 15 is 0 Å². The standard InChI is InChI=1S/C21H14O2/c22-12-14-9-10-16(15(11-14)13-23)21-19-7-3-1-5-17(19)18-6-2-4-8-20(18)21/h1-13,21H. The molecule has 0 fully saturated rings. The Labute approximate surface area is 134 Å². The summed E-state index contributed by atoms with van der Waals surface area (Å²) >= 11 is 0. The zero-order valence-electron chi connectivity index (χ0n) is 12.4. The molecule has 4 rings (SSSR count). The van der Waals surface area contributed by atoms with Crippen molar-refractivity contribution in [2.75, 3.05) is 0 Å². The number of carbonyl (C=O) groups excluding carboxylic acids is 2.